The number of aliphatic imine (C=N–C) groups is 1. The Morgan fingerprint density at radius 2 is 1.90 bits per heavy atom. The van der Waals surface area contributed by atoms with Crippen molar-refractivity contribution in [3.8, 4) is 11.3 Å². The van der Waals surface area contributed by atoms with E-state index in [2.05, 4.69) is 15.5 Å². The Morgan fingerprint density at radius 1 is 1.18 bits per heavy atom. The Balaban J connectivity index is 1.40. The highest BCUT2D eigenvalue weighted by Gasteiger charge is 2.48. The predicted octanol–water partition coefficient (Wildman–Crippen LogP) is 2.49. The second-order valence-corrected chi connectivity index (χ2v) is 10.9. The van der Waals surface area contributed by atoms with Crippen LogP contribution in [-0.2, 0) is 22.2 Å². The second kappa shape index (κ2) is 9.92. The third-order valence-corrected chi connectivity index (χ3v) is 7.73. The molecular weight excluding hydrogens is 498 g/mol. The number of aliphatic hydroxyl groups is 1. The number of likely N-dealkylation sites (tertiary alicyclic amines) is 1. The minimum Gasteiger partial charge on any atom is -0.391 e. The van der Waals surface area contributed by atoms with Gasteiger partial charge in [-0.15, -0.1) is 0 Å². The van der Waals surface area contributed by atoms with E-state index in [1.165, 1.54) is 6.07 Å². The number of amidine groups is 1. The molecule has 2 aliphatic heterocycles. The number of hydrogen-bond donors (Lipinski definition) is 2. The van der Waals surface area contributed by atoms with E-state index in [1.807, 2.05) is 44.2 Å². The lowest BCUT2D eigenvalue weighted by atomic mass is 9.90. The smallest absolute Gasteiger partial charge is 0.277 e. The van der Waals surface area contributed by atoms with E-state index in [9.17, 15) is 19.5 Å². The molecule has 10 nitrogen and oxygen atoms in total. The largest absolute Gasteiger partial charge is 0.391 e. The van der Waals surface area contributed by atoms with E-state index >= 15 is 0 Å². The molecule has 10 heteroatoms. The van der Waals surface area contributed by atoms with Crippen LogP contribution in [0.2, 0.25) is 0 Å². The number of aryl methyl sites for hydroxylation is 1. The van der Waals surface area contributed by atoms with Crippen molar-refractivity contribution < 1.29 is 19.2 Å². The molecule has 4 atom stereocenters. The fourth-order valence-corrected chi connectivity index (χ4v) is 5.50. The lowest BCUT2D eigenvalue weighted by Gasteiger charge is -2.31. The number of benzene rings is 1. The van der Waals surface area contributed by atoms with Gasteiger partial charge >= 0.3 is 0 Å². The van der Waals surface area contributed by atoms with E-state index in [0.29, 0.717) is 22.9 Å². The first-order valence-corrected chi connectivity index (χ1v) is 13.1. The number of aliphatic hydroxyl groups excluding tert-OH is 1. The van der Waals surface area contributed by atoms with E-state index in [4.69, 9.17) is 4.52 Å². The molecule has 0 radical (unpaired) electrons. The molecule has 0 aliphatic carbocycles. The van der Waals surface area contributed by atoms with Crippen molar-refractivity contribution in [1.29, 1.82) is 0 Å². The monoisotopic (exact) mass is 531 g/mol. The van der Waals surface area contributed by atoms with Gasteiger partial charge in [0.2, 0.25) is 5.91 Å². The summed E-state index contributed by atoms with van der Waals surface area (Å²) >= 11 is 0. The van der Waals surface area contributed by atoms with Gasteiger partial charge in [-0.3, -0.25) is 14.4 Å². The fraction of sp³-hybridized carbons (Fsp3) is 0.414. The highest BCUT2D eigenvalue weighted by Crippen LogP contribution is 2.34. The van der Waals surface area contributed by atoms with Crippen molar-refractivity contribution in [3.05, 3.63) is 75.9 Å². The van der Waals surface area contributed by atoms with Crippen molar-refractivity contribution >= 4 is 17.6 Å². The quantitative estimate of drug-likeness (QED) is 0.500. The summed E-state index contributed by atoms with van der Waals surface area (Å²) in [6.45, 7) is 7.56. The maximum absolute atomic E-state index is 13.8. The molecule has 1 fully saturated rings. The first kappa shape index (κ1) is 26.6. The number of carbonyl (C=O) groups is 2. The van der Waals surface area contributed by atoms with Crippen LogP contribution in [-0.4, -0.2) is 56.1 Å². The Morgan fingerprint density at radius 3 is 2.54 bits per heavy atom. The lowest BCUT2D eigenvalue weighted by molar-refractivity contribution is -0.134. The van der Waals surface area contributed by atoms with Crippen molar-refractivity contribution in [2.75, 3.05) is 6.54 Å². The summed E-state index contributed by atoms with van der Waals surface area (Å²) in [5, 5.41) is 17.8. The van der Waals surface area contributed by atoms with Crippen molar-refractivity contribution in [2.45, 2.75) is 57.7 Å². The van der Waals surface area contributed by atoms with Crippen molar-refractivity contribution in [2.24, 2.45) is 18.0 Å². The van der Waals surface area contributed by atoms with Crippen LogP contribution in [0.5, 0.6) is 0 Å². The van der Waals surface area contributed by atoms with Gasteiger partial charge in [-0.1, -0.05) is 49.3 Å². The summed E-state index contributed by atoms with van der Waals surface area (Å²) in [6, 6.07) is 13.7. The molecule has 2 aliphatic rings. The van der Waals surface area contributed by atoms with Crippen LogP contribution < -0.4 is 10.9 Å². The third kappa shape index (κ3) is 4.69. The number of hydrogen-bond acceptors (Lipinski definition) is 7. The Kier molecular flexibility index (Phi) is 6.76. The zero-order valence-electron chi connectivity index (χ0n) is 22.7. The maximum atomic E-state index is 13.8. The number of pyridine rings is 1. The van der Waals surface area contributed by atoms with Gasteiger partial charge in [0.05, 0.1) is 23.5 Å². The number of nitrogens with zero attached hydrogens (tertiary/aromatic N) is 4. The highest BCUT2D eigenvalue weighted by molar-refractivity contribution is 6.09. The number of aromatic nitrogens is 2. The summed E-state index contributed by atoms with van der Waals surface area (Å²) < 4.78 is 7.01. The van der Waals surface area contributed by atoms with Crippen LogP contribution in [0.4, 0.5) is 0 Å². The Hall–Kier alpha value is -4.05. The summed E-state index contributed by atoms with van der Waals surface area (Å²) in [7, 11) is 1.71. The summed E-state index contributed by atoms with van der Waals surface area (Å²) in [5.41, 5.74) is 1.74. The standard InChI is InChI=1S/C29H33N5O5/c1-16(2)25(23-13-17(3)32-39-23)27(37)34-15-20(35)14-22(34)26-30-28(38)29(4,31-26)19-11-9-18(10-12-19)21-7-6-8-24(36)33(21)5/h6-13,16,20,22,25,35H,14-15H2,1-5H3,(H,30,31,38)/t20-,22-,25?,29-/m1/s1. The maximum Gasteiger partial charge on any atom is 0.277 e. The molecular formula is C29H33N5O5. The average molecular weight is 532 g/mol. The average Bonchev–Trinajstić information content (AvgIpc) is 3.58. The summed E-state index contributed by atoms with van der Waals surface area (Å²) in [5.74, 6) is -0.395. The Labute approximate surface area is 226 Å². The molecule has 4 heterocycles. The second-order valence-electron chi connectivity index (χ2n) is 10.9. The SMILES string of the molecule is Cc1cc(C(C(=O)N2C[C@H](O)C[C@@H]2C2=NC(=O)[C@@](C)(c3ccc(-c4cccc(=O)n4C)cc3)N2)C(C)C)on1. The van der Waals surface area contributed by atoms with Gasteiger partial charge in [-0.25, -0.2) is 0 Å². The molecule has 2 amide bonds. The van der Waals surface area contributed by atoms with Crippen LogP contribution in [0.15, 0.2) is 62.8 Å². The van der Waals surface area contributed by atoms with Gasteiger partial charge in [0.1, 0.15) is 23.1 Å². The number of amides is 2. The molecule has 204 valence electrons. The normalized spacial score (nSPS) is 23.7. The van der Waals surface area contributed by atoms with Gasteiger partial charge in [0, 0.05) is 32.1 Å². The van der Waals surface area contributed by atoms with Gasteiger partial charge in [0.15, 0.2) is 0 Å². The number of carbonyl (C=O) groups excluding carboxylic acids is 2. The minimum absolute atomic E-state index is 0.0729. The highest BCUT2D eigenvalue weighted by atomic mass is 16.5. The van der Waals surface area contributed by atoms with E-state index in [1.54, 1.807) is 42.5 Å². The fourth-order valence-electron chi connectivity index (χ4n) is 5.50. The van der Waals surface area contributed by atoms with E-state index in [0.717, 1.165) is 11.3 Å². The van der Waals surface area contributed by atoms with Gasteiger partial charge in [-0.05, 0) is 37.0 Å². The molecule has 0 bridgehead atoms. The van der Waals surface area contributed by atoms with Gasteiger partial charge in [0.25, 0.3) is 11.5 Å². The van der Waals surface area contributed by atoms with Crippen molar-refractivity contribution in [3.63, 3.8) is 0 Å². The molecule has 1 saturated heterocycles. The van der Waals surface area contributed by atoms with Crippen LogP contribution >= 0.6 is 0 Å². The molecule has 0 saturated carbocycles. The predicted molar refractivity (Wildman–Crippen MR) is 145 cm³/mol. The first-order valence-electron chi connectivity index (χ1n) is 13.1. The van der Waals surface area contributed by atoms with E-state index in [-0.39, 0.29) is 36.3 Å². The topological polar surface area (TPSA) is 130 Å². The van der Waals surface area contributed by atoms with Gasteiger partial charge in [-0.2, -0.15) is 4.99 Å². The number of rotatable bonds is 6. The van der Waals surface area contributed by atoms with Crippen LogP contribution in [0.3, 0.4) is 0 Å². The molecule has 2 N–H and O–H groups in total. The van der Waals surface area contributed by atoms with Crippen LogP contribution in [0.1, 0.15) is 50.1 Å². The molecule has 39 heavy (non-hydrogen) atoms. The zero-order chi connectivity index (χ0) is 28.1. The van der Waals surface area contributed by atoms with E-state index < -0.39 is 23.6 Å². The molecule has 0 spiro atoms. The zero-order valence-corrected chi connectivity index (χ0v) is 22.7. The molecule has 2 aromatic heterocycles. The van der Waals surface area contributed by atoms with Gasteiger partial charge < -0.3 is 24.4 Å². The number of nitrogens with one attached hydrogen (secondary N) is 1. The summed E-state index contributed by atoms with van der Waals surface area (Å²) in [4.78, 5) is 45.0. The van der Waals surface area contributed by atoms with Crippen LogP contribution in [0, 0.1) is 12.8 Å². The Bertz CT molecular complexity index is 1500. The first-order chi connectivity index (χ1) is 18.5. The lowest BCUT2D eigenvalue weighted by Crippen LogP contribution is -2.51. The molecule has 3 aromatic rings. The molecule has 5 rings (SSSR count). The van der Waals surface area contributed by atoms with Crippen LogP contribution in [0.25, 0.3) is 11.3 Å². The molecule has 1 unspecified atom stereocenters. The van der Waals surface area contributed by atoms with Crippen molar-refractivity contribution in [1.82, 2.24) is 19.9 Å². The number of β-amino-alcohol motifs (C(OH)–C–C–N with tert-alkyl or cyclic N) is 1. The third-order valence-electron chi connectivity index (χ3n) is 7.73. The summed E-state index contributed by atoms with van der Waals surface area (Å²) in [6.07, 6.45) is -0.478. The minimum atomic E-state index is -1.14. The molecule has 1 aromatic carbocycles.